The number of rotatable bonds is 9. The molecule has 1 saturated heterocycles. The van der Waals surface area contributed by atoms with E-state index in [1.807, 2.05) is 19.1 Å². The average Bonchev–Trinajstić information content (AvgIpc) is 3.21. The fourth-order valence-electron chi connectivity index (χ4n) is 4.07. The number of nitrogens with zero attached hydrogens (tertiary/aromatic N) is 4. The molecule has 1 fully saturated rings. The molecule has 2 heterocycles. The van der Waals surface area contributed by atoms with Crippen molar-refractivity contribution in [1.82, 2.24) is 9.88 Å². The molecule has 1 unspecified atom stereocenters. The minimum atomic E-state index is -0.608. The first-order valence-corrected chi connectivity index (χ1v) is 11.3. The third kappa shape index (κ3) is 5.16. The van der Waals surface area contributed by atoms with Crippen molar-refractivity contribution < 1.29 is 23.6 Å². The Bertz CT molecular complexity index is 1220. The molecule has 3 aromatic rings. The summed E-state index contributed by atoms with van der Waals surface area (Å²) in [6.45, 7) is 5.01. The molecule has 182 valence electrons. The van der Waals surface area contributed by atoms with E-state index in [1.54, 1.807) is 34.9 Å². The molecular weight excluding hydrogens is 455 g/mol. The third-order valence-corrected chi connectivity index (χ3v) is 5.80. The Hall–Kier alpha value is -4.21. The molecule has 9 nitrogen and oxygen atoms in total. The molecule has 4 rings (SSSR count). The Morgan fingerprint density at radius 2 is 2.00 bits per heavy atom. The Balaban J connectivity index is 1.47. The number of hydrogen-bond donors (Lipinski definition) is 0. The van der Waals surface area contributed by atoms with Gasteiger partial charge >= 0.3 is 11.8 Å². The average molecular weight is 480 g/mol. The summed E-state index contributed by atoms with van der Waals surface area (Å²) in [5.74, 6) is 0.0164. The minimum absolute atomic E-state index is 0.0132. The molecule has 10 heteroatoms. The first kappa shape index (κ1) is 23.9. The van der Waals surface area contributed by atoms with E-state index in [-0.39, 0.29) is 29.4 Å². The standard InChI is InChI=1S/C25H25FN4O5/c1-3-28(24-22(30(32)33)6-5-13-27-24)18-9-12-23(21(26)15-18)35-20-10-7-17(8-11-20)14-19-16-34-25(31)29(19)4-2/h5-13,15,19H,3-4,14,16H2,1-2H3. The first-order chi connectivity index (χ1) is 16.9. The number of pyridine rings is 1. The number of hydrogen-bond acceptors (Lipinski definition) is 7. The fraction of sp³-hybridized carbons (Fsp3) is 0.280. The summed E-state index contributed by atoms with van der Waals surface area (Å²) in [7, 11) is 0. The van der Waals surface area contributed by atoms with Crippen LogP contribution in [0, 0.1) is 15.9 Å². The predicted octanol–water partition coefficient (Wildman–Crippen LogP) is 5.46. The molecular formula is C25H25FN4O5. The monoisotopic (exact) mass is 480 g/mol. The summed E-state index contributed by atoms with van der Waals surface area (Å²) >= 11 is 0. The van der Waals surface area contributed by atoms with E-state index in [9.17, 15) is 19.3 Å². The second-order valence-electron chi connectivity index (χ2n) is 7.93. The normalized spacial score (nSPS) is 15.1. The van der Waals surface area contributed by atoms with E-state index >= 15 is 0 Å². The van der Waals surface area contributed by atoms with Gasteiger partial charge in [0.25, 0.3) is 0 Å². The number of ether oxygens (including phenoxy) is 2. The van der Waals surface area contributed by atoms with Crippen LogP contribution in [0.5, 0.6) is 11.5 Å². The van der Waals surface area contributed by atoms with Crippen LogP contribution in [-0.2, 0) is 11.2 Å². The number of likely N-dealkylation sites (N-methyl/N-ethyl adjacent to an activating group) is 1. The number of aromatic nitrogens is 1. The van der Waals surface area contributed by atoms with Gasteiger partial charge in [-0.2, -0.15) is 0 Å². The highest BCUT2D eigenvalue weighted by molar-refractivity contribution is 5.70. The van der Waals surface area contributed by atoms with Gasteiger partial charge in [-0.1, -0.05) is 12.1 Å². The Morgan fingerprint density at radius 1 is 1.23 bits per heavy atom. The Morgan fingerprint density at radius 3 is 2.66 bits per heavy atom. The predicted molar refractivity (Wildman–Crippen MR) is 128 cm³/mol. The quantitative estimate of drug-likeness (QED) is 0.296. The van der Waals surface area contributed by atoms with Gasteiger partial charge in [-0.25, -0.2) is 14.2 Å². The third-order valence-electron chi connectivity index (χ3n) is 5.80. The molecule has 1 aliphatic rings. The summed E-state index contributed by atoms with van der Waals surface area (Å²) in [5, 5.41) is 11.4. The highest BCUT2D eigenvalue weighted by Crippen LogP contribution is 2.34. The molecule has 1 aromatic heterocycles. The van der Waals surface area contributed by atoms with E-state index in [4.69, 9.17) is 9.47 Å². The summed E-state index contributed by atoms with van der Waals surface area (Å²) in [4.78, 5) is 30.0. The van der Waals surface area contributed by atoms with E-state index in [0.717, 1.165) is 5.56 Å². The number of carbonyl (C=O) groups is 1. The topological polar surface area (TPSA) is 98.0 Å². The number of halogens is 1. The number of benzene rings is 2. The molecule has 1 atom stereocenters. The van der Waals surface area contributed by atoms with Crippen molar-refractivity contribution in [1.29, 1.82) is 0 Å². The zero-order valence-electron chi connectivity index (χ0n) is 19.4. The number of carbonyl (C=O) groups excluding carboxylic acids is 1. The van der Waals surface area contributed by atoms with Gasteiger partial charge in [-0.15, -0.1) is 0 Å². The van der Waals surface area contributed by atoms with Crippen molar-refractivity contribution >= 4 is 23.3 Å². The molecule has 0 saturated carbocycles. The van der Waals surface area contributed by atoms with Crippen molar-refractivity contribution in [2.24, 2.45) is 0 Å². The summed E-state index contributed by atoms with van der Waals surface area (Å²) in [6.07, 6.45) is 1.81. The maximum Gasteiger partial charge on any atom is 0.410 e. The van der Waals surface area contributed by atoms with Gasteiger partial charge in [0.05, 0.1) is 11.0 Å². The van der Waals surface area contributed by atoms with Gasteiger partial charge in [0.1, 0.15) is 12.4 Å². The second-order valence-corrected chi connectivity index (χ2v) is 7.93. The first-order valence-electron chi connectivity index (χ1n) is 11.3. The summed E-state index contributed by atoms with van der Waals surface area (Å²) in [5.41, 5.74) is 1.26. The number of anilines is 2. The van der Waals surface area contributed by atoms with Crippen LogP contribution >= 0.6 is 0 Å². The Kier molecular flexibility index (Phi) is 7.09. The maximum atomic E-state index is 14.9. The van der Waals surface area contributed by atoms with Crippen LogP contribution in [0.1, 0.15) is 19.4 Å². The lowest BCUT2D eigenvalue weighted by atomic mass is 10.1. The lowest BCUT2D eigenvalue weighted by Crippen LogP contribution is -2.34. The highest BCUT2D eigenvalue weighted by Gasteiger charge is 2.31. The maximum absolute atomic E-state index is 14.9. The summed E-state index contributed by atoms with van der Waals surface area (Å²) < 4.78 is 25.8. The van der Waals surface area contributed by atoms with Crippen LogP contribution in [0.3, 0.4) is 0 Å². The SMILES string of the molecule is CCN(c1ccc(Oc2ccc(CC3COC(=O)N3CC)cc2)c(F)c1)c1ncccc1[N+](=O)[O-]. The molecule has 2 aromatic carbocycles. The van der Waals surface area contributed by atoms with Crippen LogP contribution in [0.4, 0.5) is 26.4 Å². The van der Waals surface area contributed by atoms with Crippen molar-refractivity contribution in [3.05, 3.63) is 82.3 Å². The van der Waals surface area contributed by atoms with Crippen LogP contribution in [0.25, 0.3) is 0 Å². The molecule has 0 N–H and O–H groups in total. The number of cyclic esters (lactones) is 1. The van der Waals surface area contributed by atoms with Crippen molar-refractivity contribution in [2.45, 2.75) is 26.3 Å². The van der Waals surface area contributed by atoms with Crippen molar-refractivity contribution in [3.8, 4) is 11.5 Å². The zero-order chi connectivity index (χ0) is 24.9. The second kappa shape index (κ2) is 10.4. The van der Waals surface area contributed by atoms with Gasteiger partial charge < -0.3 is 19.3 Å². The molecule has 1 amide bonds. The van der Waals surface area contributed by atoms with Gasteiger partial charge in [0.2, 0.25) is 5.82 Å². The molecule has 35 heavy (non-hydrogen) atoms. The van der Waals surface area contributed by atoms with E-state index in [0.29, 0.717) is 37.6 Å². The zero-order valence-corrected chi connectivity index (χ0v) is 19.4. The van der Waals surface area contributed by atoms with Crippen molar-refractivity contribution in [2.75, 3.05) is 24.6 Å². The largest absolute Gasteiger partial charge is 0.454 e. The number of amides is 1. The minimum Gasteiger partial charge on any atom is -0.454 e. The smallest absolute Gasteiger partial charge is 0.410 e. The highest BCUT2D eigenvalue weighted by atomic mass is 19.1. The van der Waals surface area contributed by atoms with E-state index in [2.05, 4.69) is 4.98 Å². The van der Waals surface area contributed by atoms with E-state index in [1.165, 1.54) is 30.5 Å². The molecule has 1 aliphatic heterocycles. The van der Waals surface area contributed by atoms with Crippen LogP contribution < -0.4 is 9.64 Å². The van der Waals surface area contributed by atoms with Gasteiger partial charge in [0, 0.05) is 37.1 Å². The van der Waals surface area contributed by atoms with Crippen molar-refractivity contribution in [3.63, 3.8) is 0 Å². The molecule has 0 radical (unpaired) electrons. The summed E-state index contributed by atoms with van der Waals surface area (Å²) in [6, 6.07) is 14.4. The lowest BCUT2D eigenvalue weighted by molar-refractivity contribution is -0.384. The molecule has 0 spiro atoms. The Labute approximate surface area is 201 Å². The van der Waals surface area contributed by atoms with Gasteiger partial charge in [0.15, 0.2) is 11.6 Å². The van der Waals surface area contributed by atoms with Crippen LogP contribution in [0.2, 0.25) is 0 Å². The lowest BCUT2D eigenvalue weighted by Gasteiger charge is -2.22. The number of nitro groups is 1. The van der Waals surface area contributed by atoms with Crippen LogP contribution in [0.15, 0.2) is 60.8 Å². The fourth-order valence-corrected chi connectivity index (χ4v) is 4.07. The van der Waals surface area contributed by atoms with Gasteiger partial charge in [-0.05, 0) is 56.2 Å². The molecule has 0 aliphatic carbocycles. The van der Waals surface area contributed by atoms with E-state index < -0.39 is 10.7 Å². The van der Waals surface area contributed by atoms with Crippen LogP contribution in [-0.4, -0.2) is 46.6 Å². The van der Waals surface area contributed by atoms with Gasteiger partial charge in [-0.3, -0.25) is 10.1 Å². The molecule has 0 bridgehead atoms.